The number of ketones is 1. The first-order valence-corrected chi connectivity index (χ1v) is 4.75. The number of hydrogen-bond acceptors (Lipinski definition) is 2. The molecule has 0 bridgehead atoms. The van der Waals surface area contributed by atoms with E-state index in [9.17, 15) is 9.90 Å². The van der Waals surface area contributed by atoms with Gasteiger partial charge in [0.1, 0.15) is 0 Å². The van der Waals surface area contributed by atoms with Crippen molar-refractivity contribution >= 4 is 5.78 Å². The van der Waals surface area contributed by atoms with Crippen LogP contribution < -0.4 is 0 Å². The van der Waals surface area contributed by atoms with E-state index >= 15 is 0 Å². The third-order valence-electron chi connectivity index (χ3n) is 2.51. The van der Waals surface area contributed by atoms with Gasteiger partial charge in [-0.05, 0) is 24.0 Å². The molecular formula is C12H12O2. The number of aliphatic hydroxyl groups excluding tert-OH is 1. The van der Waals surface area contributed by atoms with Crippen LogP contribution in [-0.2, 0) is 11.2 Å². The first-order chi connectivity index (χ1) is 6.77. The summed E-state index contributed by atoms with van der Waals surface area (Å²) in [6.45, 7) is 0. The van der Waals surface area contributed by atoms with Crippen molar-refractivity contribution in [3.63, 3.8) is 0 Å². The van der Waals surface area contributed by atoms with Crippen molar-refractivity contribution in [1.82, 2.24) is 0 Å². The van der Waals surface area contributed by atoms with Crippen LogP contribution in [0.5, 0.6) is 0 Å². The normalized spacial score (nSPS) is 16.4. The van der Waals surface area contributed by atoms with Crippen molar-refractivity contribution in [1.29, 1.82) is 0 Å². The van der Waals surface area contributed by atoms with E-state index in [-0.39, 0.29) is 11.5 Å². The second-order valence-corrected chi connectivity index (χ2v) is 3.54. The van der Waals surface area contributed by atoms with Gasteiger partial charge in [-0.25, -0.2) is 0 Å². The van der Waals surface area contributed by atoms with E-state index in [0.717, 1.165) is 11.1 Å². The van der Waals surface area contributed by atoms with Gasteiger partial charge in [0.15, 0.2) is 11.5 Å². The zero-order valence-electron chi connectivity index (χ0n) is 7.86. The van der Waals surface area contributed by atoms with Crippen LogP contribution in [0.4, 0.5) is 0 Å². The molecule has 1 aliphatic rings. The molecule has 0 saturated carbocycles. The van der Waals surface area contributed by atoms with Gasteiger partial charge in [-0.15, -0.1) is 0 Å². The van der Waals surface area contributed by atoms with E-state index in [1.807, 2.05) is 30.3 Å². The van der Waals surface area contributed by atoms with E-state index in [2.05, 4.69) is 0 Å². The Balaban J connectivity index is 2.17. The van der Waals surface area contributed by atoms with Crippen LogP contribution in [0.1, 0.15) is 18.4 Å². The molecule has 0 aliphatic heterocycles. The molecule has 0 unspecified atom stereocenters. The standard InChI is InChI=1S/C12H12O2/c13-11-7-6-10(12(11)14)8-9-4-2-1-3-5-9/h1-5,14H,6-8H2. The third-order valence-corrected chi connectivity index (χ3v) is 2.51. The van der Waals surface area contributed by atoms with Crippen molar-refractivity contribution in [2.45, 2.75) is 19.3 Å². The van der Waals surface area contributed by atoms with Crippen LogP contribution in [0.2, 0.25) is 0 Å². The van der Waals surface area contributed by atoms with Gasteiger partial charge < -0.3 is 5.11 Å². The lowest BCUT2D eigenvalue weighted by atomic mass is 10.0. The van der Waals surface area contributed by atoms with Crippen LogP contribution in [-0.4, -0.2) is 10.9 Å². The zero-order chi connectivity index (χ0) is 9.97. The maximum Gasteiger partial charge on any atom is 0.197 e. The lowest BCUT2D eigenvalue weighted by Gasteiger charge is -2.01. The number of rotatable bonds is 2. The molecule has 0 radical (unpaired) electrons. The number of benzene rings is 1. The van der Waals surface area contributed by atoms with Gasteiger partial charge in [0.25, 0.3) is 0 Å². The highest BCUT2D eigenvalue weighted by atomic mass is 16.3. The van der Waals surface area contributed by atoms with Gasteiger partial charge in [-0.2, -0.15) is 0 Å². The van der Waals surface area contributed by atoms with Gasteiger partial charge in [0.05, 0.1) is 0 Å². The lowest BCUT2D eigenvalue weighted by Crippen LogP contribution is -1.95. The molecule has 2 rings (SSSR count). The molecule has 0 spiro atoms. The summed E-state index contributed by atoms with van der Waals surface area (Å²) in [7, 11) is 0. The van der Waals surface area contributed by atoms with E-state index in [1.54, 1.807) is 0 Å². The van der Waals surface area contributed by atoms with Gasteiger partial charge in [0.2, 0.25) is 0 Å². The van der Waals surface area contributed by atoms with Gasteiger partial charge in [-0.3, -0.25) is 4.79 Å². The van der Waals surface area contributed by atoms with Crippen LogP contribution in [0.25, 0.3) is 0 Å². The molecule has 0 saturated heterocycles. The fraction of sp³-hybridized carbons (Fsp3) is 0.250. The van der Waals surface area contributed by atoms with Crippen molar-refractivity contribution < 1.29 is 9.90 Å². The molecule has 0 fully saturated rings. The summed E-state index contributed by atoms with van der Waals surface area (Å²) in [5, 5.41) is 9.45. The third kappa shape index (κ3) is 1.69. The summed E-state index contributed by atoms with van der Waals surface area (Å²) in [5.41, 5.74) is 2.02. The number of aliphatic hydroxyl groups is 1. The van der Waals surface area contributed by atoms with Crippen molar-refractivity contribution in [3.05, 3.63) is 47.2 Å². The second-order valence-electron chi connectivity index (χ2n) is 3.54. The number of hydrogen-bond donors (Lipinski definition) is 1. The minimum absolute atomic E-state index is 0.00569. The maximum atomic E-state index is 11.1. The number of carbonyl (C=O) groups excluding carboxylic acids is 1. The molecule has 2 nitrogen and oxygen atoms in total. The molecule has 1 aromatic carbocycles. The van der Waals surface area contributed by atoms with E-state index in [0.29, 0.717) is 19.3 Å². The minimum Gasteiger partial charge on any atom is -0.504 e. The predicted octanol–water partition coefficient (Wildman–Crippen LogP) is 2.40. The number of carbonyl (C=O) groups is 1. The number of Topliss-reactive ketones (excluding diaryl/α,β-unsaturated/α-hetero) is 1. The predicted molar refractivity (Wildman–Crippen MR) is 54.0 cm³/mol. The average molecular weight is 188 g/mol. The summed E-state index contributed by atoms with van der Waals surface area (Å²) in [6, 6.07) is 9.89. The van der Waals surface area contributed by atoms with Crippen molar-refractivity contribution in [2.24, 2.45) is 0 Å². The molecule has 0 aromatic heterocycles. The molecule has 0 atom stereocenters. The highest BCUT2D eigenvalue weighted by molar-refractivity contribution is 5.96. The number of allylic oxidation sites excluding steroid dienone is 2. The highest BCUT2D eigenvalue weighted by Crippen LogP contribution is 2.24. The fourth-order valence-electron chi connectivity index (χ4n) is 1.71. The Labute approximate surface area is 82.9 Å². The quantitative estimate of drug-likeness (QED) is 0.773. The Morgan fingerprint density at radius 2 is 1.86 bits per heavy atom. The molecule has 1 aromatic rings. The van der Waals surface area contributed by atoms with E-state index in [1.165, 1.54) is 0 Å². The maximum absolute atomic E-state index is 11.1. The van der Waals surface area contributed by atoms with Crippen molar-refractivity contribution in [2.75, 3.05) is 0 Å². The zero-order valence-corrected chi connectivity index (χ0v) is 7.86. The topological polar surface area (TPSA) is 37.3 Å². The molecule has 1 N–H and O–H groups in total. The second kappa shape index (κ2) is 3.66. The van der Waals surface area contributed by atoms with Gasteiger partial charge >= 0.3 is 0 Å². The Kier molecular flexibility index (Phi) is 2.35. The smallest absolute Gasteiger partial charge is 0.197 e. The Bertz CT molecular complexity index is 377. The van der Waals surface area contributed by atoms with E-state index in [4.69, 9.17) is 0 Å². The Morgan fingerprint density at radius 3 is 2.43 bits per heavy atom. The van der Waals surface area contributed by atoms with Crippen LogP contribution >= 0.6 is 0 Å². The Morgan fingerprint density at radius 1 is 1.14 bits per heavy atom. The molecular weight excluding hydrogens is 176 g/mol. The molecule has 0 heterocycles. The summed E-state index contributed by atoms with van der Waals surface area (Å²) >= 11 is 0. The fourth-order valence-corrected chi connectivity index (χ4v) is 1.71. The average Bonchev–Trinajstić information content (AvgIpc) is 2.52. The lowest BCUT2D eigenvalue weighted by molar-refractivity contribution is -0.117. The van der Waals surface area contributed by atoms with E-state index < -0.39 is 0 Å². The first-order valence-electron chi connectivity index (χ1n) is 4.75. The summed E-state index contributed by atoms with van der Waals surface area (Å²) in [6.07, 6.45) is 1.87. The summed E-state index contributed by atoms with van der Waals surface area (Å²) in [5.74, 6) is -0.121. The van der Waals surface area contributed by atoms with Crippen LogP contribution in [0.3, 0.4) is 0 Å². The van der Waals surface area contributed by atoms with Crippen molar-refractivity contribution in [3.8, 4) is 0 Å². The molecule has 72 valence electrons. The Hall–Kier alpha value is -1.57. The minimum atomic E-state index is -0.115. The van der Waals surface area contributed by atoms with Crippen LogP contribution in [0, 0.1) is 0 Å². The monoisotopic (exact) mass is 188 g/mol. The summed E-state index contributed by atoms with van der Waals surface area (Å²) in [4.78, 5) is 11.1. The summed E-state index contributed by atoms with van der Waals surface area (Å²) < 4.78 is 0. The highest BCUT2D eigenvalue weighted by Gasteiger charge is 2.21. The first kappa shape index (κ1) is 9.00. The molecule has 14 heavy (non-hydrogen) atoms. The largest absolute Gasteiger partial charge is 0.504 e. The van der Waals surface area contributed by atoms with Gasteiger partial charge in [0, 0.05) is 6.42 Å². The molecule has 0 amide bonds. The van der Waals surface area contributed by atoms with Gasteiger partial charge in [-0.1, -0.05) is 30.3 Å². The molecule has 2 heteroatoms. The van der Waals surface area contributed by atoms with Crippen LogP contribution in [0.15, 0.2) is 41.7 Å². The SMILES string of the molecule is O=C1CCC(Cc2ccccc2)=C1O. The molecule has 1 aliphatic carbocycles.